The van der Waals surface area contributed by atoms with Gasteiger partial charge in [0.1, 0.15) is 0 Å². The molecule has 0 heteroatoms. The van der Waals surface area contributed by atoms with Gasteiger partial charge in [-0.2, -0.15) is 0 Å². The molecule has 0 fully saturated rings. The third-order valence-corrected chi connectivity index (χ3v) is 5.08. The molecule has 0 heterocycles. The van der Waals surface area contributed by atoms with Gasteiger partial charge in [0.05, 0.1) is 0 Å². The van der Waals surface area contributed by atoms with E-state index in [2.05, 4.69) is 86.7 Å². The predicted molar refractivity (Wildman–Crippen MR) is 96.6 cm³/mol. The minimum Gasteiger partial charge on any atom is -0.0774 e. The highest BCUT2D eigenvalue weighted by atomic mass is 14.3. The van der Waals surface area contributed by atoms with Gasteiger partial charge >= 0.3 is 0 Å². The summed E-state index contributed by atoms with van der Waals surface area (Å²) in [4.78, 5) is 0. The molecule has 0 N–H and O–H groups in total. The molecule has 0 nitrogen and oxygen atoms in total. The van der Waals surface area contributed by atoms with E-state index in [1.807, 2.05) is 0 Å². The molecule has 112 valence electrons. The first kappa shape index (κ1) is 14.8. The maximum Gasteiger partial charge on any atom is -0.00853 e. The van der Waals surface area contributed by atoms with Crippen LogP contribution in [0, 0.1) is 5.41 Å². The molecule has 0 saturated heterocycles. The fourth-order valence-electron chi connectivity index (χ4n) is 3.19. The number of benzene rings is 2. The molecule has 0 aliphatic heterocycles. The van der Waals surface area contributed by atoms with Crippen molar-refractivity contribution in [3.8, 4) is 11.1 Å². The first-order chi connectivity index (χ1) is 10.8. The predicted octanol–water partition coefficient (Wildman–Crippen LogP) is 6.50. The van der Waals surface area contributed by atoms with Crippen LogP contribution in [0.5, 0.6) is 0 Å². The molecule has 2 aromatic carbocycles. The monoisotopic (exact) mass is 288 g/mol. The Morgan fingerprint density at radius 2 is 1.36 bits per heavy atom. The van der Waals surface area contributed by atoms with Crippen molar-refractivity contribution < 1.29 is 0 Å². The van der Waals surface area contributed by atoms with Crippen molar-refractivity contribution in [1.29, 1.82) is 0 Å². The van der Waals surface area contributed by atoms with Crippen LogP contribution in [0.3, 0.4) is 0 Å². The van der Waals surface area contributed by atoms with Crippen molar-refractivity contribution in [2.75, 3.05) is 0 Å². The molecule has 1 aliphatic carbocycles. The van der Waals surface area contributed by atoms with Crippen LogP contribution in [0.2, 0.25) is 0 Å². The zero-order valence-electron chi connectivity index (χ0n) is 13.5. The standard InChI is InChI=1S/C22H24/c1-3-22(4-2)16-14-21(15-17-22)20-12-10-19(11-13-20)18-8-6-5-7-9-18/h5-16H,3-4,17H2,1-2H3. The van der Waals surface area contributed by atoms with Gasteiger partial charge in [0, 0.05) is 0 Å². The molecule has 0 unspecified atom stereocenters. The molecule has 0 radical (unpaired) electrons. The van der Waals surface area contributed by atoms with E-state index in [9.17, 15) is 0 Å². The molecule has 0 spiro atoms. The number of rotatable bonds is 4. The molecular formula is C22H24. The number of hydrogen-bond donors (Lipinski definition) is 0. The van der Waals surface area contributed by atoms with Crippen molar-refractivity contribution in [2.24, 2.45) is 5.41 Å². The Kier molecular flexibility index (Phi) is 4.29. The summed E-state index contributed by atoms with van der Waals surface area (Å²) in [7, 11) is 0. The van der Waals surface area contributed by atoms with Crippen LogP contribution in [0.25, 0.3) is 16.7 Å². The molecule has 0 atom stereocenters. The highest BCUT2D eigenvalue weighted by molar-refractivity contribution is 5.77. The molecule has 3 rings (SSSR count). The Hall–Kier alpha value is -2.08. The highest BCUT2D eigenvalue weighted by Crippen LogP contribution is 2.38. The maximum absolute atomic E-state index is 2.42. The van der Waals surface area contributed by atoms with Crippen molar-refractivity contribution in [3.63, 3.8) is 0 Å². The van der Waals surface area contributed by atoms with Crippen LogP contribution in [-0.2, 0) is 0 Å². The summed E-state index contributed by atoms with van der Waals surface area (Å²) in [5.74, 6) is 0. The molecule has 0 aromatic heterocycles. The average molecular weight is 288 g/mol. The maximum atomic E-state index is 2.42. The van der Waals surface area contributed by atoms with Crippen molar-refractivity contribution in [1.82, 2.24) is 0 Å². The molecule has 0 amide bonds. The van der Waals surface area contributed by atoms with Crippen LogP contribution in [0.1, 0.15) is 38.7 Å². The molecular weight excluding hydrogens is 264 g/mol. The molecule has 0 bridgehead atoms. The minimum absolute atomic E-state index is 0.382. The minimum atomic E-state index is 0.382. The second-order valence-corrected chi connectivity index (χ2v) is 6.21. The van der Waals surface area contributed by atoms with Gasteiger partial charge in [0.15, 0.2) is 0 Å². The Morgan fingerprint density at radius 1 is 0.773 bits per heavy atom. The normalized spacial score (nSPS) is 16.4. The lowest BCUT2D eigenvalue weighted by molar-refractivity contribution is 0.355. The van der Waals surface area contributed by atoms with E-state index in [0.717, 1.165) is 6.42 Å². The smallest absolute Gasteiger partial charge is 0.00853 e. The first-order valence-corrected chi connectivity index (χ1v) is 8.31. The lowest BCUT2D eigenvalue weighted by Crippen LogP contribution is -2.16. The van der Waals surface area contributed by atoms with Gasteiger partial charge in [-0.15, -0.1) is 0 Å². The summed E-state index contributed by atoms with van der Waals surface area (Å²) in [5, 5.41) is 0. The van der Waals surface area contributed by atoms with E-state index in [4.69, 9.17) is 0 Å². The lowest BCUT2D eigenvalue weighted by Gasteiger charge is -2.30. The zero-order chi connectivity index (χ0) is 15.4. The van der Waals surface area contributed by atoms with E-state index in [1.165, 1.54) is 35.1 Å². The van der Waals surface area contributed by atoms with Crippen LogP contribution in [0.4, 0.5) is 0 Å². The quantitative estimate of drug-likeness (QED) is 0.602. The van der Waals surface area contributed by atoms with Crippen molar-refractivity contribution in [3.05, 3.63) is 78.4 Å². The van der Waals surface area contributed by atoms with Crippen molar-refractivity contribution in [2.45, 2.75) is 33.1 Å². The summed E-state index contributed by atoms with van der Waals surface area (Å²) < 4.78 is 0. The number of allylic oxidation sites excluding steroid dienone is 4. The summed E-state index contributed by atoms with van der Waals surface area (Å²) in [5.41, 5.74) is 5.61. The number of hydrogen-bond acceptors (Lipinski definition) is 0. The fourth-order valence-corrected chi connectivity index (χ4v) is 3.19. The Morgan fingerprint density at radius 3 is 1.91 bits per heavy atom. The molecule has 1 aliphatic rings. The Labute approximate surface area is 134 Å². The average Bonchev–Trinajstić information content (AvgIpc) is 2.63. The van der Waals surface area contributed by atoms with Crippen molar-refractivity contribution >= 4 is 5.57 Å². The summed E-state index contributed by atoms with van der Waals surface area (Å²) in [6.45, 7) is 4.59. The van der Waals surface area contributed by atoms with Crippen LogP contribution >= 0.6 is 0 Å². The topological polar surface area (TPSA) is 0 Å². The summed E-state index contributed by atoms with van der Waals surface area (Å²) in [6, 6.07) is 19.5. The van der Waals surface area contributed by atoms with Crippen LogP contribution in [0.15, 0.2) is 72.8 Å². The third kappa shape index (κ3) is 2.92. The second-order valence-electron chi connectivity index (χ2n) is 6.21. The SMILES string of the molecule is CCC1(CC)C=CC(c2ccc(-c3ccccc3)cc2)=CC1. The van der Waals surface area contributed by atoms with Crippen LogP contribution in [-0.4, -0.2) is 0 Å². The van der Waals surface area contributed by atoms with Crippen LogP contribution < -0.4 is 0 Å². The fraction of sp³-hybridized carbons (Fsp3) is 0.273. The van der Waals surface area contributed by atoms with E-state index >= 15 is 0 Å². The van der Waals surface area contributed by atoms with Gasteiger partial charge in [-0.3, -0.25) is 0 Å². The Balaban J connectivity index is 1.80. The van der Waals surface area contributed by atoms with E-state index < -0.39 is 0 Å². The second kappa shape index (κ2) is 6.36. The van der Waals surface area contributed by atoms with Gasteiger partial charge < -0.3 is 0 Å². The van der Waals surface area contributed by atoms with Gasteiger partial charge in [-0.25, -0.2) is 0 Å². The zero-order valence-corrected chi connectivity index (χ0v) is 13.5. The summed E-state index contributed by atoms with van der Waals surface area (Å²) >= 11 is 0. The molecule has 22 heavy (non-hydrogen) atoms. The third-order valence-electron chi connectivity index (χ3n) is 5.08. The van der Waals surface area contributed by atoms with Gasteiger partial charge in [0.25, 0.3) is 0 Å². The van der Waals surface area contributed by atoms with E-state index in [0.29, 0.717) is 5.41 Å². The van der Waals surface area contributed by atoms with E-state index in [1.54, 1.807) is 0 Å². The summed E-state index contributed by atoms with van der Waals surface area (Å²) in [6.07, 6.45) is 10.7. The molecule has 0 saturated carbocycles. The Bertz CT molecular complexity index is 668. The van der Waals surface area contributed by atoms with Gasteiger partial charge in [-0.1, -0.05) is 86.7 Å². The van der Waals surface area contributed by atoms with Gasteiger partial charge in [0.2, 0.25) is 0 Å². The van der Waals surface area contributed by atoms with E-state index in [-0.39, 0.29) is 0 Å². The molecule has 2 aromatic rings. The lowest BCUT2D eigenvalue weighted by atomic mass is 9.75. The largest absolute Gasteiger partial charge is 0.0774 e. The highest BCUT2D eigenvalue weighted by Gasteiger charge is 2.24. The first-order valence-electron chi connectivity index (χ1n) is 8.31. The van der Waals surface area contributed by atoms with Gasteiger partial charge in [-0.05, 0) is 46.9 Å².